The van der Waals surface area contributed by atoms with Gasteiger partial charge in [0, 0.05) is 18.0 Å². The average molecular weight is 345 g/mol. The number of nitrogens with zero attached hydrogens (tertiary/aromatic N) is 1. The van der Waals surface area contributed by atoms with Gasteiger partial charge in [0.05, 0.1) is 12.8 Å². The number of fused-ring (bicyclic) bond motifs is 1. The molecule has 0 aliphatic rings. The number of furan rings is 2. The van der Waals surface area contributed by atoms with Crippen LogP contribution in [0.5, 0.6) is 0 Å². The monoisotopic (exact) mass is 345 g/mol. The molecule has 6 nitrogen and oxygen atoms in total. The van der Waals surface area contributed by atoms with Gasteiger partial charge in [-0.25, -0.2) is 9.18 Å². The summed E-state index contributed by atoms with van der Waals surface area (Å²) >= 11 is 0. The second-order valence-electron chi connectivity index (χ2n) is 5.60. The van der Waals surface area contributed by atoms with Crippen LogP contribution in [0.3, 0.4) is 0 Å². The molecule has 0 N–H and O–H groups in total. The topological polar surface area (TPSA) is 72.9 Å². The van der Waals surface area contributed by atoms with E-state index in [4.69, 9.17) is 13.6 Å². The van der Waals surface area contributed by atoms with E-state index in [1.54, 1.807) is 26.1 Å². The number of ether oxygens (including phenoxy) is 1. The Hall–Kier alpha value is -3.09. The van der Waals surface area contributed by atoms with Gasteiger partial charge in [-0.1, -0.05) is 0 Å². The van der Waals surface area contributed by atoms with E-state index in [0.717, 1.165) is 0 Å². The van der Waals surface area contributed by atoms with E-state index in [-0.39, 0.29) is 18.2 Å². The molecule has 0 atom stereocenters. The van der Waals surface area contributed by atoms with E-state index < -0.39 is 18.4 Å². The highest BCUT2D eigenvalue weighted by Crippen LogP contribution is 2.26. The first-order chi connectivity index (χ1) is 12.0. The average Bonchev–Trinajstić information content (AvgIpc) is 3.21. The van der Waals surface area contributed by atoms with Gasteiger partial charge in [0.2, 0.25) is 5.76 Å². The number of benzene rings is 1. The van der Waals surface area contributed by atoms with E-state index in [9.17, 15) is 14.0 Å². The number of carbonyl (C=O) groups is 2. The fourth-order valence-electron chi connectivity index (χ4n) is 2.42. The summed E-state index contributed by atoms with van der Waals surface area (Å²) in [5.74, 6) is -0.996. The molecule has 0 saturated heterocycles. The second-order valence-corrected chi connectivity index (χ2v) is 5.60. The van der Waals surface area contributed by atoms with Crippen LogP contribution < -0.4 is 0 Å². The van der Waals surface area contributed by atoms with Crippen LogP contribution in [0.4, 0.5) is 4.39 Å². The summed E-state index contributed by atoms with van der Waals surface area (Å²) in [6.45, 7) is 1.47. The van der Waals surface area contributed by atoms with E-state index in [1.165, 1.54) is 29.4 Å². The molecule has 0 fully saturated rings. The van der Waals surface area contributed by atoms with Crippen LogP contribution in [0.1, 0.15) is 21.9 Å². The molecule has 1 amide bonds. The lowest BCUT2D eigenvalue weighted by atomic mass is 10.1. The first kappa shape index (κ1) is 16.8. The number of halogens is 1. The molecular weight excluding hydrogens is 329 g/mol. The third-order valence-corrected chi connectivity index (χ3v) is 3.81. The molecule has 0 aliphatic carbocycles. The Balaban J connectivity index is 1.64. The molecule has 0 aliphatic heterocycles. The van der Waals surface area contributed by atoms with Crippen molar-refractivity contribution in [3.05, 3.63) is 59.5 Å². The van der Waals surface area contributed by atoms with Crippen molar-refractivity contribution < 1.29 is 27.6 Å². The van der Waals surface area contributed by atoms with Gasteiger partial charge >= 0.3 is 5.97 Å². The van der Waals surface area contributed by atoms with Crippen molar-refractivity contribution in [2.45, 2.75) is 13.5 Å². The van der Waals surface area contributed by atoms with Crippen molar-refractivity contribution in [2.75, 3.05) is 13.7 Å². The highest BCUT2D eigenvalue weighted by atomic mass is 19.1. The number of hydrogen-bond acceptors (Lipinski definition) is 5. The number of amides is 1. The fraction of sp³-hybridized carbons (Fsp3) is 0.222. The fourth-order valence-corrected chi connectivity index (χ4v) is 2.42. The molecule has 3 aromatic rings. The zero-order valence-electron chi connectivity index (χ0n) is 13.7. The number of likely N-dealkylation sites (N-methyl/N-ethyl adjacent to an activating group) is 1. The van der Waals surface area contributed by atoms with Crippen LogP contribution in [0.15, 0.2) is 45.4 Å². The Morgan fingerprint density at radius 1 is 1.28 bits per heavy atom. The molecule has 0 spiro atoms. The maximum atomic E-state index is 13.3. The number of carbonyl (C=O) groups excluding carboxylic acids is 2. The van der Waals surface area contributed by atoms with Crippen molar-refractivity contribution in [1.29, 1.82) is 0 Å². The quantitative estimate of drug-likeness (QED) is 0.664. The number of hydrogen-bond donors (Lipinski definition) is 0. The standard InChI is InChI=1S/C18H16FNO5/c1-11-14-8-12(19)5-6-15(14)25-17(11)18(22)24-10-16(21)20(2)9-13-4-3-7-23-13/h3-8H,9-10H2,1-2H3. The summed E-state index contributed by atoms with van der Waals surface area (Å²) in [5.41, 5.74) is 0.850. The first-order valence-corrected chi connectivity index (χ1v) is 7.58. The van der Waals surface area contributed by atoms with E-state index >= 15 is 0 Å². The molecule has 0 radical (unpaired) electrons. The van der Waals surface area contributed by atoms with Gasteiger partial charge in [-0.05, 0) is 37.3 Å². The Morgan fingerprint density at radius 2 is 2.08 bits per heavy atom. The van der Waals surface area contributed by atoms with E-state index in [1.807, 2.05) is 0 Å². The smallest absolute Gasteiger partial charge is 0.375 e. The minimum atomic E-state index is -0.770. The highest BCUT2D eigenvalue weighted by molar-refractivity contribution is 5.96. The lowest BCUT2D eigenvalue weighted by molar-refractivity contribution is -0.134. The minimum Gasteiger partial charge on any atom is -0.467 e. The molecule has 1 aromatic carbocycles. The van der Waals surface area contributed by atoms with Gasteiger partial charge < -0.3 is 18.5 Å². The molecule has 3 rings (SSSR count). The van der Waals surface area contributed by atoms with E-state index in [2.05, 4.69) is 0 Å². The molecule has 2 aromatic heterocycles. The van der Waals surface area contributed by atoms with Gasteiger partial charge in [0.25, 0.3) is 5.91 Å². The lowest BCUT2D eigenvalue weighted by Crippen LogP contribution is -2.30. The Kier molecular flexibility index (Phi) is 4.56. The molecule has 25 heavy (non-hydrogen) atoms. The SMILES string of the molecule is Cc1c(C(=O)OCC(=O)N(C)Cc2ccco2)oc2ccc(F)cc12. The van der Waals surface area contributed by atoms with Crippen molar-refractivity contribution >= 4 is 22.8 Å². The maximum Gasteiger partial charge on any atom is 0.375 e. The third-order valence-electron chi connectivity index (χ3n) is 3.81. The van der Waals surface area contributed by atoms with Crippen LogP contribution in [0.2, 0.25) is 0 Å². The third kappa shape index (κ3) is 3.55. The summed E-state index contributed by atoms with van der Waals surface area (Å²) in [7, 11) is 1.58. The normalized spacial score (nSPS) is 10.8. The first-order valence-electron chi connectivity index (χ1n) is 7.58. The van der Waals surface area contributed by atoms with Gasteiger partial charge in [-0.3, -0.25) is 4.79 Å². The summed E-state index contributed by atoms with van der Waals surface area (Å²) in [6, 6.07) is 7.44. The summed E-state index contributed by atoms with van der Waals surface area (Å²) in [4.78, 5) is 25.6. The Morgan fingerprint density at radius 3 is 2.80 bits per heavy atom. The second kappa shape index (κ2) is 6.80. The van der Waals surface area contributed by atoms with Gasteiger partial charge in [0.15, 0.2) is 6.61 Å². The van der Waals surface area contributed by atoms with Crippen molar-refractivity contribution in [3.8, 4) is 0 Å². The summed E-state index contributed by atoms with van der Waals surface area (Å²) in [6.07, 6.45) is 1.51. The molecule has 0 saturated carbocycles. The lowest BCUT2D eigenvalue weighted by Gasteiger charge is -2.15. The summed E-state index contributed by atoms with van der Waals surface area (Å²) in [5, 5.41) is 0.494. The number of aryl methyl sites for hydroxylation is 1. The Bertz CT molecular complexity index is 913. The molecule has 7 heteroatoms. The van der Waals surface area contributed by atoms with Gasteiger partial charge in [0.1, 0.15) is 17.2 Å². The number of rotatable bonds is 5. The van der Waals surface area contributed by atoms with Crippen LogP contribution in [-0.4, -0.2) is 30.4 Å². The Labute approximate surface area is 142 Å². The molecule has 0 bridgehead atoms. The van der Waals surface area contributed by atoms with Crippen LogP contribution in [-0.2, 0) is 16.1 Å². The molecule has 2 heterocycles. The van der Waals surface area contributed by atoms with Gasteiger partial charge in [-0.15, -0.1) is 0 Å². The van der Waals surface area contributed by atoms with Crippen LogP contribution in [0.25, 0.3) is 11.0 Å². The minimum absolute atomic E-state index is 0.0397. The predicted octanol–water partition coefficient (Wildman–Crippen LogP) is 3.29. The van der Waals surface area contributed by atoms with Crippen molar-refractivity contribution in [1.82, 2.24) is 4.90 Å². The zero-order valence-corrected chi connectivity index (χ0v) is 13.7. The molecule has 0 unspecified atom stereocenters. The largest absolute Gasteiger partial charge is 0.467 e. The number of esters is 1. The highest BCUT2D eigenvalue weighted by Gasteiger charge is 2.21. The molecule has 130 valence electrons. The molecular formula is C18H16FNO5. The van der Waals surface area contributed by atoms with Crippen LogP contribution in [0, 0.1) is 12.7 Å². The van der Waals surface area contributed by atoms with Crippen molar-refractivity contribution in [2.24, 2.45) is 0 Å². The maximum absolute atomic E-state index is 13.3. The summed E-state index contributed by atoms with van der Waals surface area (Å²) < 4.78 is 28.9. The van der Waals surface area contributed by atoms with Crippen molar-refractivity contribution in [3.63, 3.8) is 0 Å². The van der Waals surface area contributed by atoms with Crippen LogP contribution >= 0.6 is 0 Å². The van der Waals surface area contributed by atoms with E-state index in [0.29, 0.717) is 22.3 Å². The zero-order chi connectivity index (χ0) is 18.0. The van der Waals surface area contributed by atoms with Gasteiger partial charge in [-0.2, -0.15) is 0 Å². The predicted molar refractivity (Wildman–Crippen MR) is 86.4 cm³/mol.